The number of hydrogen-bond donors (Lipinski definition) is 0. The third-order valence-corrected chi connectivity index (χ3v) is 3.04. The van der Waals surface area contributed by atoms with Crippen molar-refractivity contribution >= 4 is 22.9 Å². The van der Waals surface area contributed by atoms with Crippen LogP contribution < -0.4 is 0 Å². The van der Waals surface area contributed by atoms with Gasteiger partial charge in [-0.1, -0.05) is 13.3 Å². The van der Waals surface area contributed by atoms with Gasteiger partial charge in [-0.3, -0.25) is 0 Å². The summed E-state index contributed by atoms with van der Waals surface area (Å²) in [6.07, 6.45) is 5.66. The van der Waals surface area contributed by atoms with Crippen LogP contribution in [0.2, 0.25) is 0 Å². The van der Waals surface area contributed by atoms with Gasteiger partial charge in [0.15, 0.2) is 0 Å². The van der Waals surface area contributed by atoms with E-state index in [1.165, 1.54) is 38.8 Å². The van der Waals surface area contributed by atoms with Gasteiger partial charge in [0.05, 0.1) is 0 Å². The summed E-state index contributed by atoms with van der Waals surface area (Å²) in [6, 6.07) is 0. The Kier molecular flexibility index (Phi) is 3.99. The Labute approximate surface area is 77.7 Å². The normalized spacial score (nSPS) is 28.8. The molecule has 0 amide bonds. The molecule has 2 heteroatoms. The molecule has 0 aromatic carbocycles. The third-order valence-electron chi connectivity index (χ3n) is 2.17. The highest BCUT2D eigenvalue weighted by Crippen LogP contribution is 2.22. The van der Waals surface area contributed by atoms with E-state index in [1.54, 1.807) is 0 Å². The van der Waals surface area contributed by atoms with Gasteiger partial charge in [0.1, 0.15) is 0 Å². The van der Waals surface area contributed by atoms with Crippen LogP contribution in [0.4, 0.5) is 0 Å². The SMILES string of the molecule is CCC[C@@H]1CCCN(I)C1. The average Bonchev–Trinajstić information content (AvgIpc) is 1.88. The Morgan fingerprint density at radius 2 is 2.40 bits per heavy atom. The van der Waals surface area contributed by atoms with Crippen LogP contribution in [0.25, 0.3) is 0 Å². The third kappa shape index (κ3) is 2.74. The summed E-state index contributed by atoms with van der Waals surface area (Å²) in [5, 5.41) is 0. The highest BCUT2D eigenvalue weighted by Gasteiger charge is 2.16. The van der Waals surface area contributed by atoms with Gasteiger partial charge >= 0.3 is 0 Å². The zero-order chi connectivity index (χ0) is 7.40. The molecule has 1 heterocycles. The fourth-order valence-electron chi connectivity index (χ4n) is 1.66. The summed E-state index contributed by atoms with van der Waals surface area (Å²) in [4.78, 5) is 0. The summed E-state index contributed by atoms with van der Waals surface area (Å²) in [6.45, 7) is 4.92. The summed E-state index contributed by atoms with van der Waals surface area (Å²) in [5.41, 5.74) is 0. The first kappa shape index (κ1) is 8.78. The van der Waals surface area contributed by atoms with E-state index in [9.17, 15) is 0 Å². The van der Waals surface area contributed by atoms with Crippen LogP contribution in [0.3, 0.4) is 0 Å². The molecular weight excluding hydrogens is 237 g/mol. The van der Waals surface area contributed by atoms with Gasteiger partial charge in [-0.2, -0.15) is 0 Å². The van der Waals surface area contributed by atoms with E-state index in [4.69, 9.17) is 0 Å². The lowest BCUT2D eigenvalue weighted by molar-refractivity contribution is 0.288. The van der Waals surface area contributed by atoms with E-state index in [0.717, 1.165) is 5.92 Å². The van der Waals surface area contributed by atoms with Gasteiger partial charge in [-0.25, -0.2) is 3.11 Å². The second kappa shape index (κ2) is 4.54. The molecule has 0 spiro atoms. The maximum atomic E-state index is 2.44. The molecule has 1 aliphatic rings. The van der Waals surface area contributed by atoms with Crippen LogP contribution >= 0.6 is 22.9 Å². The molecule has 1 fully saturated rings. The maximum absolute atomic E-state index is 2.44. The van der Waals surface area contributed by atoms with E-state index in [2.05, 4.69) is 32.9 Å². The molecule has 1 nitrogen and oxygen atoms in total. The molecule has 60 valence electrons. The van der Waals surface area contributed by atoms with Gasteiger partial charge in [-0.15, -0.1) is 0 Å². The molecule has 0 aromatic heterocycles. The lowest BCUT2D eigenvalue weighted by Gasteiger charge is -2.27. The van der Waals surface area contributed by atoms with Crippen molar-refractivity contribution < 1.29 is 0 Å². The minimum Gasteiger partial charge on any atom is -0.247 e. The first-order valence-corrected chi connectivity index (χ1v) is 5.20. The molecule has 0 bridgehead atoms. The molecule has 0 aromatic rings. The Bertz CT molecular complexity index is 93.3. The smallest absolute Gasteiger partial charge is 0.0201 e. The van der Waals surface area contributed by atoms with Gasteiger partial charge in [0.2, 0.25) is 0 Å². The van der Waals surface area contributed by atoms with Crippen molar-refractivity contribution in [2.75, 3.05) is 13.1 Å². The second-order valence-electron chi connectivity index (χ2n) is 3.17. The van der Waals surface area contributed by atoms with E-state index in [0.29, 0.717) is 0 Å². The van der Waals surface area contributed by atoms with Crippen molar-refractivity contribution in [3.8, 4) is 0 Å². The van der Waals surface area contributed by atoms with Gasteiger partial charge in [0, 0.05) is 36.0 Å². The van der Waals surface area contributed by atoms with Crippen LogP contribution in [-0.2, 0) is 0 Å². The molecule has 0 saturated carbocycles. The summed E-state index contributed by atoms with van der Waals surface area (Å²) >= 11 is 2.44. The average molecular weight is 253 g/mol. The van der Waals surface area contributed by atoms with Crippen molar-refractivity contribution in [1.29, 1.82) is 0 Å². The predicted molar refractivity (Wildman–Crippen MR) is 53.2 cm³/mol. The van der Waals surface area contributed by atoms with Crippen LogP contribution in [0.1, 0.15) is 32.6 Å². The van der Waals surface area contributed by atoms with Crippen molar-refractivity contribution in [3.63, 3.8) is 0 Å². The van der Waals surface area contributed by atoms with Crippen molar-refractivity contribution in [2.45, 2.75) is 32.6 Å². The molecule has 1 atom stereocenters. The topological polar surface area (TPSA) is 3.24 Å². The van der Waals surface area contributed by atoms with Crippen molar-refractivity contribution in [1.82, 2.24) is 3.11 Å². The van der Waals surface area contributed by atoms with Gasteiger partial charge < -0.3 is 0 Å². The summed E-state index contributed by atoms with van der Waals surface area (Å²) in [5.74, 6) is 0.996. The quantitative estimate of drug-likeness (QED) is 0.540. The first-order chi connectivity index (χ1) is 4.83. The fraction of sp³-hybridized carbons (Fsp3) is 1.00. The van der Waals surface area contributed by atoms with Crippen LogP contribution in [0.15, 0.2) is 0 Å². The largest absolute Gasteiger partial charge is 0.247 e. The van der Waals surface area contributed by atoms with Gasteiger partial charge in [-0.05, 0) is 25.2 Å². The molecule has 1 rings (SSSR count). The highest BCUT2D eigenvalue weighted by molar-refractivity contribution is 14.1. The molecular formula is C8H16IN. The monoisotopic (exact) mass is 253 g/mol. The first-order valence-electron chi connectivity index (χ1n) is 4.23. The maximum Gasteiger partial charge on any atom is 0.0201 e. The lowest BCUT2D eigenvalue weighted by Crippen LogP contribution is -2.27. The second-order valence-corrected chi connectivity index (χ2v) is 4.53. The fourth-order valence-corrected chi connectivity index (χ4v) is 2.56. The zero-order valence-corrected chi connectivity index (χ0v) is 8.80. The summed E-state index contributed by atoms with van der Waals surface area (Å²) < 4.78 is 2.43. The summed E-state index contributed by atoms with van der Waals surface area (Å²) in [7, 11) is 0. The predicted octanol–water partition coefficient (Wildman–Crippen LogP) is 2.85. The molecule has 10 heavy (non-hydrogen) atoms. The number of rotatable bonds is 2. The number of piperidine rings is 1. The van der Waals surface area contributed by atoms with E-state index >= 15 is 0 Å². The zero-order valence-electron chi connectivity index (χ0n) is 6.65. The minimum atomic E-state index is 0.996. The Hall–Kier alpha value is 0.690. The van der Waals surface area contributed by atoms with E-state index < -0.39 is 0 Å². The lowest BCUT2D eigenvalue weighted by atomic mass is 9.95. The Morgan fingerprint density at radius 3 is 3.00 bits per heavy atom. The molecule has 0 N–H and O–H groups in total. The van der Waals surface area contributed by atoms with Crippen LogP contribution in [0, 0.1) is 5.92 Å². The molecule has 1 saturated heterocycles. The minimum absolute atomic E-state index is 0.996. The van der Waals surface area contributed by atoms with E-state index in [1.807, 2.05) is 0 Å². The molecule has 0 aliphatic carbocycles. The number of halogens is 1. The Balaban J connectivity index is 2.18. The standard InChI is InChI=1S/C8H16IN/c1-2-4-8-5-3-6-10(9)7-8/h8H,2-7H2,1H3/t8-/m1/s1. The van der Waals surface area contributed by atoms with Crippen LogP contribution in [0.5, 0.6) is 0 Å². The Morgan fingerprint density at radius 1 is 1.60 bits per heavy atom. The van der Waals surface area contributed by atoms with Crippen molar-refractivity contribution in [2.24, 2.45) is 5.92 Å². The molecule has 0 unspecified atom stereocenters. The van der Waals surface area contributed by atoms with Gasteiger partial charge in [0.25, 0.3) is 0 Å². The number of hydrogen-bond acceptors (Lipinski definition) is 1. The van der Waals surface area contributed by atoms with Crippen LogP contribution in [-0.4, -0.2) is 16.2 Å². The van der Waals surface area contributed by atoms with Crippen molar-refractivity contribution in [3.05, 3.63) is 0 Å². The number of nitrogens with zero attached hydrogens (tertiary/aromatic N) is 1. The molecule has 0 radical (unpaired) electrons. The highest BCUT2D eigenvalue weighted by atomic mass is 127. The van der Waals surface area contributed by atoms with E-state index in [-0.39, 0.29) is 0 Å². The molecule has 1 aliphatic heterocycles.